The summed E-state index contributed by atoms with van der Waals surface area (Å²) in [6, 6.07) is 8.28. The molecule has 1 aliphatic heterocycles. The molecule has 3 heterocycles. The van der Waals surface area contributed by atoms with Gasteiger partial charge in [-0.15, -0.1) is 0 Å². The maximum Gasteiger partial charge on any atom is 0.224 e. The SMILES string of the molecule is CC1(C)CC(Nc2ncc3nc(Nc4cccc(Cl)c4)n([C@H]4CC[C@H](CN)CC4)c3n2)CCO1. The van der Waals surface area contributed by atoms with Crippen LogP contribution >= 0.6 is 11.6 Å². The highest BCUT2D eigenvalue weighted by Crippen LogP contribution is 2.37. The van der Waals surface area contributed by atoms with Gasteiger partial charge in [0.2, 0.25) is 11.9 Å². The first-order chi connectivity index (χ1) is 16.4. The molecule has 1 unspecified atom stereocenters. The number of nitrogens with zero attached hydrogens (tertiary/aromatic N) is 4. The van der Waals surface area contributed by atoms with Gasteiger partial charge in [-0.1, -0.05) is 17.7 Å². The van der Waals surface area contributed by atoms with Crippen molar-refractivity contribution in [3.63, 3.8) is 0 Å². The average molecular weight is 484 g/mol. The van der Waals surface area contributed by atoms with Gasteiger partial charge in [0.1, 0.15) is 5.52 Å². The molecule has 2 aromatic heterocycles. The third kappa shape index (κ3) is 5.14. The first-order valence-corrected chi connectivity index (χ1v) is 12.7. The van der Waals surface area contributed by atoms with Crippen LogP contribution in [0.4, 0.5) is 17.6 Å². The molecule has 9 heteroatoms. The van der Waals surface area contributed by atoms with E-state index in [-0.39, 0.29) is 11.6 Å². The summed E-state index contributed by atoms with van der Waals surface area (Å²) in [5.41, 5.74) is 8.34. The number of fused-ring (bicyclic) bond motifs is 1. The number of hydrogen-bond donors (Lipinski definition) is 3. The van der Waals surface area contributed by atoms with Gasteiger partial charge < -0.3 is 21.1 Å². The molecular formula is C25H34ClN7O. The highest BCUT2D eigenvalue weighted by Gasteiger charge is 2.30. The van der Waals surface area contributed by atoms with Crippen LogP contribution in [0.15, 0.2) is 30.5 Å². The van der Waals surface area contributed by atoms with E-state index in [1.165, 1.54) is 0 Å². The predicted octanol–water partition coefficient (Wildman–Crippen LogP) is 5.28. The lowest BCUT2D eigenvalue weighted by molar-refractivity contribution is -0.0553. The minimum absolute atomic E-state index is 0.141. The molecular weight excluding hydrogens is 450 g/mol. The summed E-state index contributed by atoms with van der Waals surface area (Å²) in [6.45, 7) is 5.75. The van der Waals surface area contributed by atoms with Gasteiger partial charge in [0.25, 0.3) is 0 Å². The number of anilines is 3. The van der Waals surface area contributed by atoms with Crippen LogP contribution < -0.4 is 16.4 Å². The van der Waals surface area contributed by atoms with Gasteiger partial charge >= 0.3 is 0 Å². The molecule has 0 radical (unpaired) electrons. The van der Waals surface area contributed by atoms with E-state index < -0.39 is 0 Å². The number of benzene rings is 1. The Morgan fingerprint density at radius 1 is 1.18 bits per heavy atom. The van der Waals surface area contributed by atoms with E-state index in [9.17, 15) is 0 Å². The van der Waals surface area contributed by atoms with Crippen molar-refractivity contribution in [3.05, 3.63) is 35.5 Å². The molecule has 0 bridgehead atoms. The first-order valence-electron chi connectivity index (χ1n) is 12.3. The van der Waals surface area contributed by atoms with Gasteiger partial charge in [-0.2, -0.15) is 4.98 Å². The van der Waals surface area contributed by atoms with Crippen molar-refractivity contribution < 1.29 is 4.74 Å². The van der Waals surface area contributed by atoms with E-state index in [4.69, 9.17) is 32.0 Å². The number of aromatic nitrogens is 4. The molecule has 1 saturated heterocycles. The second-order valence-electron chi connectivity index (χ2n) is 10.2. The topological polar surface area (TPSA) is 103 Å². The molecule has 5 rings (SSSR count). The van der Waals surface area contributed by atoms with E-state index in [0.717, 1.165) is 74.5 Å². The fourth-order valence-electron chi connectivity index (χ4n) is 5.27. The summed E-state index contributed by atoms with van der Waals surface area (Å²) in [5, 5.41) is 7.70. The molecule has 1 atom stereocenters. The van der Waals surface area contributed by atoms with Crippen molar-refractivity contribution in [2.24, 2.45) is 11.7 Å². The fraction of sp³-hybridized carbons (Fsp3) is 0.560. The highest BCUT2D eigenvalue weighted by atomic mass is 35.5. The smallest absolute Gasteiger partial charge is 0.224 e. The minimum Gasteiger partial charge on any atom is -0.375 e. The standard InChI is InChI=1S/C25H34ClN7O/c1-25(2)13-19(10-11-34-25)29-23-28-15-21-22(32-23)33(20-8-6-16(14-27)7-9-20)24(31-21)30-18-5-3-4-17(26)12-18/h3-5,12,15-16,19-20H,6-11,13-14,27H2,1-2H3,(H,30,31)(H,28,29,32)/t16-,19?,20-. The molecule has 0 amide bonds. The number of ether oxygens (including phenoxy) is 1. The van der Waals surface area contributed by atoms with Crippen LogP contribution in [-0.2, 0) is 4.74 Å². The number of hydrogen-bond acceptors (Lipinski definition) is 7. The number of nitrogens with two attached hydrogens (primary N) is 1. The molecule has 4 N–H and O–H groups in total. The Morgan fingerprint density at radius 2 is 2.00 bits per heavy atom. The monoisotopic (exact) mass is 483 g/mol. The summed E-state index contributed by atoms with van der Waals surface area (Å²) in [5.74, 6) is 2.01. The van der Waals surface area contributed by atoms with Crippen molar-refractivity contribution >= 4 is 40.3 Å². The van der Waals surface area contributed by atoms with Crippen LogP contribution in [0.2, 0.25) is 5.02 Å². The van der Waals surface area contributed by atoms with Crippen molar-refractivity contribution in [3.8, 4) is 0 Å². The van der Waals surface area contributed by atoms with Crippen molar-refractivity contribution in [1.82, 2.24) is 19.5 Å². The van der Waals surface area contributed by atoms with Gasteiger partial charge in [0.15, 0.2) is 5.65 Å². The molecule has 1 aliphatic carbocycles. The second-order valence-corrected chi connectivity index (χ2v) is 10.6. The molecule has 1 saturated carbocycles. The lowest BCUT2D eigenvalue weighted by atomic mass is 9.86. The van der Waals surface area contributed by atoms with Gasteiger partial charge in [0, 0.05) is 29.4 Å². The Bertz CT molecular complexity index is 1140. The highest BCUT2D eigenvalue weighted by molar-refractivity contribution is 6.30. The lowest BCUT2D eigenvalue weighted by Gasteiger charge is -2.35. The summed E-state index contributed by atoms with van der Waals surface area (Å²) < 4.78 is 8.12. The number of imidazole rings is 1. The van der Waals surface area contributed by atoms with Crippen LogP contribution in [0, 0.1) is 5.92 Å². The minimum atomic E-state index is -0.141. The Kier molecular flexibility index (Phi) is 6.64. The quantitative estimate of drug-likeness (QED) is 0.438. The molecule has 182 valence electrons. The van der Waals surface area contributed by atoms with Gasteiger partial charge in [-0.25, -0.2) is 9.97 Å². The second kappa shape index (κ2) is 9.68. The van der Waals surface area contributed by atoms with Crippen LogP contribution in [0.3, 0.4) is 0 Å². The van der Waals surface area contributed by atoms with Crippen LogP contribution in [0.5, 0.6) is 0 Å². The van der Waals surface area contributed by atoms with Crippen LogP contribution in [-0.4, -0.2) is 44.3 Å². The summed E-state index contributed by atoms with van der Waals surface area (Å²) >= 11 is 6.23. The van der Waals surface area contributed by atoms with E-state index in [1.54, 1.807) is 0 Å². The zero-order valence-electron chi connectivity index (χ0n) is 19.9. The molecule has 1 aromatic carbocycles. The zero-order valence-corrected chi connectivity index (χ0v) is 20.7. The largest absolute Gasteiger partial charge is 0.375 e. The summed E-state index contributed by atoms with van der Waals surface area (Å²) in [4.78, 5) is 14.4. The van der Waals surface area contributed by atoms with E-state index >= 15 is 0 Å². The molecule has 0 spiro atoms. The number of rotatable bonds is 6. The van der Waals surface area contributed by atoms with Gasteiger partial charge in [0.05, 0.1) is 11.8 Å². The Labute approximate surface area is 205 Å². The lowest BCUT2D eigenvalue weighted by Crippen LogP contribution is -2.40. The normalized spacial score (nSPS) is 24.8. The molecule has 2 fully saturated rings. The van der Waals surface area contributed by atoms with Crippen LogP contribution in [0.1, 0.15) is 58.4 Å². The van der Waals surface area contributed by atoms with Gasteiger partial charge in [-0.05, 0) is 83.0 Å². The third-order valence-electron chi connectivity index (χ3n) is 7.06. The van der Waals surface area contributed by atoms with Crippen molar-refractivity contribution in [2.45, 2.75) is 70.1 Å². The predicted molar refractivity (Wildman–Crippen MR) is 137 cm³/mol. The van der Waals surface area contributed by atoms with E-state index in [1.807, 2.05) is 30.5 Å². The first kappa shape index (κ1) is 23.3. The average Bonchev–Trinajstić information content (AvgIpc) is 3.15. The van der Waals surface area contributed by atoms with E-state index in [0.29, 0.717) is 22.9 Å². The van der Waals surface area contributed by atoms with Gasteiger partial charge in [-0.3, -0.25) is 4.57 Å². The van der Waals surface area contributed by atoms with E-state index in [2.05, 4.69) is 34.0 Å². The Balaban J connectivity index is 1.48. The number of halogens is 1. The molecule has 8 nitrogen and oxygen atoms in total. The fourth-order valence-corrected chi connectivity index (χ4v) is 5.46. The molecule has 34 heavy (non-hydrogen) atoms. The van der Waals surface area contributed by atoms with Crippen molar-refractivity contribution in [2.75, 3.05) is 23.8 Å². The number of nitrogens with one attached hydrogen (secondary N) is 2. The van der Waals surface area contributed by atoms with Crippen molar-refractivity contribution in [1.29, 1.82) is 0 Å². The maximum atomic E-state index is 6.23. The Hall–Kier alpha value is -2.42. The summed E-state index contributed by atoms with van der Waals surface area (Å²) in [6.07, 6.45) is 8.01. The Morgan fingerprint density at radius 3 is 2.74 bits per heavy atom. The summed E-state index contributed by atoms with van der Waals surface area (Å²) in [7, 11) is 0. The maximum absolute atomic E-state index is 6.23. The third-order valence-corrected chi connectivity index (χ3v) is 7.29. The molecule has 2 aliphatic rings. The van der Waals surface area contributed by atoms with Crippen LogP contribution in [0.25, 0.3) is 11.2 Å². The molecule has 3 aromatic rings. The zero-order chi connectivity index (χ0) is 23.7.